The Labute approximate surface area is 161 Å². The average Bonchev–Trinajstić information content (AvgIpc) is 3.06. The van der Waals surface area contributed by atoms with Gasteiger partial charge in [-0.25, -0.2) is 0 Å². The predicted molar refractivity (Wildman–Crippen MR) is 104 cm³/mol. The summed E-state index contributed by atoms with van der Waals surface area (Å²) in [6.45, 7) is 6.50. The first kappa shape index (κ1) is 19.0. The number of rotatable bonds is 8. The Morgan fingerprint density at radius 1 is 1.15 bits per heavy atom. The summed E-state index contributed by atoms with van der Waals surface area (Å²) in [7, 11) is 0. The van der Waals surface area contributed by atoms with Crippen LogP contribution in [-0.4, -0.2) is 44.2 Å². The first-order chi connectivity index (χ1) is 13.1. The van der Waals surface area contributed by atoms with Gasteiger partial charge >= 0.3 is 5.97 Å². The van der Waals surface area contributed by atoms with Crippen LogP contribution in [0.25, 0.3) is 5.65 Å². The molecule has 0 saturated heterocycles. The van der Waals surface area contributed by atoms with Crippen LogP contribution in [0.3, 0.4) is 0 Å². The van der Waals surface area contributed by atoms with Crippen LogP contribution in [0, 0.1) is 0 Å². The second-order valence-electron chi connectivity index (χ2n) is 5.56. The summed E-state index contributed by atoms with van der Waals surface area (Å²) in [5.74, 6) is 1.03. The molecule has 1 atom stereocenters. The molecule has 1 aromatic carbocycles. The minimum Gasteiger partial charge on any atom is -0.494 e. The van der Waals surface area contributed by atoms with Crippen molar-refractivity contribution in [2.45, 2.75) is 31.0 Å². The molecule has 142 valence electrons. The van der Waals surface area contributed by atoms with Crippen LogP contribution in [0.4, 0.5) is 11.6 Å². The highest BCUT2D eigenvalue weighted by atomic mass is 32.2. The number of carbonyl (C=O) groups excluding carboxylic acids is 1. The second-order valence-corrected chi connectivity index (χ2v) is 6.92. The summed E-state index contributed by atoms with van der Waals surface area (Å²) in [5, 5.41) is 16.3. The summed E-state index contributed by atoms with van der Waals surface area (Å²) < 4.78 is 12.1. The van der Waals surface area contributed by atoms with Gasteiger partial charge in [0.15, 0.2) is 5.65 Å². The van der Waals surface area contributed by atoms with Crippen LogP contribution in [0.5, 0.6) is 5.75 Å². The lowest BCUT2D eigenvalue weighted by Crippen LogP contribution is -2.17. The number of aromatic nitrogens is 4. The molecule has 2 heterocycles. The van der Waals surface area contributed by atoms with E-state index in [2.05, 4.69) is 20.6 Å². The molecule has 2 aromatic heterocycles. The van der Waals surface area contributed by atoms with Crippen molar-refractivity contribution in [3.05, 3.63) is 36.4 Å². The molecular formula is C18H21N5O3S. The molecule has 1 unspecified atom stereocenters. The molecule has 1 N–H and O–H groups in total. The standard InChI is InChI=1S/C18H21N5O3S/c1-4-25-14-8-6-13(7-9-14)19-18-21-20-15-10-11-16(22-23(15)18)27-12(3)17(24)26-5-2/h6-12H,4-5H2,1-3H3,(H,19,21). The zero-order valence-corrected chi connectivity index (χ0v) is 16.2. The van der Waals surface area contributed by atoms with Crippen LogP contribution in [0.2, 0.25) is 0 Å². The van der Waals surface area contributed by atoms with Gasteiger partial charge in [-0.3, -0.25) is 4.79 Å². The molecule has 9 heteroatoms. The summed E-state index contributed by atoms with van der Waals surface area (Å²) >= 11 is 1.33. The number of fused-ring (bicyclic) bond motifs is 1. The van der Waals surface area contributed by atoms with E-state index >= 15 is 0 Å². The SMILES string of the molecule is CCOC(=O)C(C)Sc1ccc2nnc(Nc3ccc(OCC)cc3)n2n1. The third-order valence-electron chi connectivity index (χ3n) is 3.58. The monoisotopic (exact) mass is 387 g/mol. The van der Waals surface area contributed by atoms with Crippen LogP contribution in [0.1, 0.15) is 20.8 Å². The minimum absolute atomic E-state index is 0.263. The Bertz CT molecular complexity index is 913. The number of ether oxygens (including phenoxy) is 2. The molecule has 8 nitrogen and oxygen atoms in total. The number of hydrogen-bond acceptors (Lipinski definition) is 8. The fourth-order valence-corrected chi connectivity index (χ4v) is 3.13. The van der Waals surface area contributed by atoms with Crippen molar-refractivity contribution in [1.29, 1.82) is 0 Å². The van der Waals surface area contributed by atoms with Gasteiger partial charge < -0.3 is 14.8 Å². The Hall–Kier alpha value is -2.81. The lowest BCUT2D eigenvalue weighted by molar-refractivity contribution is -0.142. The van der Waals surface area contributed by atoms with Gasteiger partial charge in [-0.1, -0.05) is 11.8 Å². The molecule has 0 aliphatic carbocycles. The van der Waals surface area contributed by atoms with E-state index in [-0.39, 0.29) is 11.2 Å². The second kappa shape index (κ2) is 8.72. The van der Waals surface area contributed by atoms with E-state index in [1.165, 1.54) is 11.8 Å². The maximum atomic E-state index is 11.8. The summed E-state index contributed by atoms with van der Waals surface area (Å²) in [5.41, 5.74) is 1.45. The third-order valence-corrected chi connectivity index (χ3v) is 4.58. The fraction of sp³-hybridized carbons (Fsp3) is 0.333. The van der Waals surface area contributed by atoms with Crippen LogP contribution in [-0.2, 0) is 9.53 Å². The molecule has 27 heavy (non-hydrogen) atoms. The van der Waals surface area contributed by atoms with Crippen molar-refractivity contribution in [3.63, 3.8) is 0 Å². The van der Waals surface area contributed by atoms with Gasteiger partial charge in [0.05, 0.1) is 13.2 Å². The van der Waals surface area contributed by atoms with Crippen LogP contribution < -0.4 is 10.1 Å². The van der Waals surface area contributed by atoms with Crippen molar-refractivity contribution >= 4 is 35.0 Å². The third kappa shape index (κ3) is 4.68. The zero-order chi connectivity index (χ0) is 19.2. The van der Waals surface area contributed by atoms with Crippen molar-refractivity contribution in [2.24, 2.45) is 0 Å². The maximum Gasteiger partial charge on any atom is 0.319 e. The van der Waals surface area contributed by atoms with Crippen LogP contribution in [0.15, 0.2) is 41.4 Å². The minimum atomic E-state index is -0.353. The normalized spacial score (nSPS) is 12.0. The predicted octanol–water partition coefficient (Wildman–Crippen LogP) is 3.31. The summed E-state index contributed by atoms with van der Waals surface area (Å²) in [6, 6.07) is 11.2. The van der Waals surface area contributed by atoms with E-state index in [4.69, 9.17) is 9.47 Å². The molecule has 0 spiro atoms. The molecule has 3 aromatic rings. The van der Waals surface area contributed by atoms with Crippen LogP contribution >= 0.6 is 11.8 Å². The maximum absolute atomic E-state index is 11.8. The molecule has 0 bridgehead atoms. The number of benzene rings is 1. The van der Waals surface area contributed by atoms with E-state index < -0.39 is 0 Å². The van der Waals surface area contributed by atoms with Gasteiger partial charge in [0.1, 0.15) is 16.0 Å². The number of esters is 1. The summed E-state index contributed by atoms with van der Waals surface area (Å²) in [4.78, 5) is 11.8. The van der Waals surface area contributed by atoms with Crippen molar-refractivity contribution in [1.82, 2.24) is 19.8 Å². The number of anilines is 2. The Kier molecular flexibility index (Phi) is 6.12. The van der Waals surface area contributed by atoms with E-state index in [0.717, 1.165) is 11.4 Å². The highest BCUT2D eigenvalue weighted by molar-refractivity contribution is 8.00. The Morgan fingerprint density at radius 3 is 2.63 bits per heavy atom. The fourth-order valence-electron chi connectivity index (χ4n) is 2.33. The van der Waals surface area contributed by atoms with Gasteiger partial charge in [0, 0.05) is 5.69 Å². The largest absolute Gasteiger partial charge is 0.494 e. The number of carbonyl (C=O) groups is 1. The average molecular weight is 387 g/mol. The van der Waals surface area contributed by atoms with Gasteiger partial charge in [0.2, 0.25) is 5.95 Å². The molecule has 0 amide bonds. The quantitative estimate of drug-likeness (QED) is 0.465. The summed E-state index contributed by atoms with van der Waals surface area (Å²) in [6.07, 6.45) is 0. The van der Waals surface area contributed by atoms with E-state index in [0.29, 0.717) is 29.8 Å². The molecule has 3 rings (SSSR count). The number of thioether (sulfide) groups is 1. The van der Waals surface area contributed by atoms with Gasteiger partial charge in [-0.2, -0.15) is 9.61 Å². The molecule has 0 saturated carbocycles. The first-order valence-electron chi connectivity index (χ1n) is 8.66. The molecule has 0 aliphatic rings. The Balaban J connectivity index is 1.77. The van der Waals surface area contributed by atoms with Crippen molar-refractivity contribution in [2.75, 3.05) is 18.5 Å². The van der Waals surface area contributed by atoms with E-state index in [1.54, 1.807) is 18.4 Å². The van der Waals surface area contributed by atoms with Gasteiger partial charge in [-0.05, 0) is 57.2 Å². The molecule has 0 radical (unpaired) electrons. The zero-order valence-electron chi connectivity index (χ0n) is 15.4. The topological polar surface area (TPSA) is 90.6 Å². The van der Waals surface area contributed by atoms with E-state index in [1.807, 2.05) is 43.3 Å². The van der Waals surface area contributed by atoms with Gasteiger partial charge in [0.25, 0.3) is 0 Å². The molecule has 0 fully saturated rings. The highest BCUT2D eigenvalue weighted by Gasteiger charge is 2.17. The van der Waals surface area contributed by atoms with Crippen molar-refractivity contribution in [3.8, 4) is 5.75 Å². The van der Waals surface area contributed by atoms with E-state index in [9.17, 15) is 4.79 Å². The molecule has 0 aliphatic heterocycles. The lowest BCUT2D eigenvalue weighted by Gasteiger charge is -2.10. The Morgan fingerprint density at radius 2 is 1.93 bits per heavy atom. The van der Waals surface area contributed by atoms with Gasteiger partial charge in [-0.15, -0.1) is 10.2 Å². The lowest BCUT2D eigenvalue weighted by atomic mass is 10.3. The smallest absolute Gasteiger partial charge is 0.319 e. The number of nitrogens with one attached hydrogen (secondary N) is 1. The first-order valence-corrected chi connectivity index (χ1v) is 9.54. The number of hydrogen-bond donors (Lipinski definition) is 1. The number of nitrogens with zero attached hydrogens (tertiary/aromatic N) is 4. The molecular weight excluding hydrogens is 366 g/mol. The highest BCUT2D eigenvalue weighted by Crippen LogP contribution is 2.24. The van der Waals surface area contributed by atoms with Crippen molar-refractivity contribution < 1.29 is 14.3 Å².